The lowest BCUT2D eigenvalue weighted by atomic mass is 9.97. The summed E-state index contributed by atoms with van der Waals surface area (Å²) in [5.41, 5.74) is 0. The molecule has 6 nitrogen and oxygen atoms in total. The summed E-state index contributed by atoms with van der Waals surface area (Å²) in [6, 6.07) is -0.779. The summed E-state index contributed by atoms with van der Waals surface area (Å²) in [4.78, 5) is 0. The van der Waals surface area contributed by atoms with Crippen LogP contribution in [0.2, 0.25) is 0 Å². The Morgan fingerprint density at radius 3 is 2.69 bits per heavy atom. The van der Waals surface area contributed by atoms with Crippen LogP contribution >= 0.6 is 0 Å². The van der Waals surface area contributed by atoms with Gasteiger partial charge in [-0.2, -0.15) is 0 Å². The van der Waals surface area contributed by atoms with Gasteiger partial charge in [0.15, 0.2) is 6.29 Å². The number of hydrogen-bond acceptors (Lipinski definition) is 6. The van der Waals surface area contributed by atoms with Crippen molar-refractivity contribution in [3.8, 4) is 0 Å². The molecule has 16 heavy (non-hydrogen) atoms. The molecule has 1 rings (SSSR count). The molecule has 0 bridgehead atoms. The van der Waals surface area contributed by atoms with Gasteiger partial charge in [0.25, 0.3) is 0 Å². The van der Waals surface area contributed by atoms with Gasteiger partial charge in [-0.25, -0.2) is 0 Å². The second kappa shape index (κ2) is 6.48. The molecule has 0 aliphatic carbocycles. The lowest BCUT2D eigenvalue weighted by Crippen LogP contribution is -2.63. The van der Waals surface area contributed by atoms with E-state index in [1.807, 2.05) is 0 Å². The van der Waals surface area contributed by atoms with Crippen molar-refractivity contribution in [1.29, 1.82) is 0 Å². The average molecular weight is 236 g/mol. The fourth-order valence-electron chi connectivity index (χ4n) is 1.71. The van der Waals surface area contributed by atoms with E-state index >= 15 is 0 Å². The Morgan fingerprint density at radius 1 is 1.31 bits per heavy atom. The molecule has 1 saturated heterocycles. The van der Waals surface area contributed by atoms with Gasteiger partial charge in [-0.1, -0.05) is 13.3 Å². The van der Waals surface area contributed by atoms with Crippen molar-refractivity contribution < 1.29 is 26.5 Å². The second-order valence-corrected chi connectivity index (χ2v) is 3.92. The molecule has 0 aromatic carbocycles. The Hall–Kier alpha value is -0.240. The van der Waals surface area contributed by atoms with Crippen LogP contribution in [0.3, 0.4) is 0 Å². The molecule has 0 aromatic heterocycles. The van der Waals surface area contributed by atoms with E-state index in [-0.39, 0.29) is 0 Å². The number of hydrogen-bond donors (Lipinski definition) is 5. The Morgan fingerprint density at radius 2 is 2.06 bits per heavy atom. The van der Waals surface area contributed by atoms with Crippen molar-refractivity contribution in [3.63, 3.8) is 0 Å². The van der Waals surface area contributed by atoms with Crippen LogP contribution in [-0.2, 0) is 4.74 Å². The molecule has 1 heterocycles. The third-order valence-corrected chi connectivity index (χ3v) is 2.71. The lowest BCUT2D eigenvalue weighted by Gasteiger charge is -2.40. The second-order valence-electron chi connectivity index (χ2n) is 3.92. The summed E-state index contributed by atoms with van der Waals surface area (Å²) in [7, 11) is 0. The van der Waals surface area contributed by atoms with Gasteiger partial charge in [0, 0.05) is 1.37 Å². The summed E-state index contributed by atoms with van der Waals surface area (Å²) in [5, 5.41) is 40.8. The zero-order chi connectivity index (χ0) is 12.8. The summed E-state index contributed by atoms with van der Waals surface area (Å²) in [5.74, 6) is 0. The van der Waals surface area contributed by atoms with Gasteiger partial charge in [0.05, 0.1) is 12.6 Å². The molecule has 0 amide bonds. The van der Waals surface area contributed by atoms with E-state index in [9.17, 15) is 15.3 Å². The van der Waals surface area contributed by atoms with Gasteiger partial charge in [-0.05, 0) is 13.0 Å². The van der Waals surface area contributed by atoms with Crippen LogP contribution < -0.4 is 5.32 Å². The zero-order valence-electron chi connectivity index (χ0n) is 10.1. The van der Waals surface area contributed by atoms with Gasteiger partial charge >= 0.3 is 0 Å². The van der Waals surface area contributed by atoms with E-state index in [2.05, 4.69) is 5.32 Å². The first-order chi connectivity index (χ1) is 8.11. The van der Waals surface area contributed by atoms with Crippen LogP contribution in [0.1, 0.15) is 21.1 Å². The van der Waals surface area contributed by atoms with Crippen molar-refractivity contribution in [2.45, 2.75) is 50.4 Å². The fraction of sp³-hybridized carbons (Fsp3) is 1.00. The van der Waals surface area contributed by atoms with Crippen LogP contribution in [-0.4, -0.2) is 64.2 Å². The van der Waals surface area contributed by atoms with E-state index < -0.39 is 37.3 Å². The standard InChI is InChI=1S/C10H21NO5/c1-2-3-4-11-7-9(14)8(13)6(5-12)16-10(7)15/h6-15H,2-5H2,1H3/t6-,7-,8-,9-,10?/m1/s1/i1D. The van der Waals surface area contributed by atoms with E-state index in [1.54, 1.807) is 0 Å². The molecular weight excluding hydrogens is 214 g/mol. The van der Waals surface area contributed by atoms with Gasteiger partial charge in [-0.3, -0.25) is 0 Å². The molecule has 1 aliphatic heterocycles. The maximum Gasteiger partial charge on any atom is 0.173 e. The highest BCUT2D eigenvalue weighted by Crippen LogP contribution is 2.19. The van der Waals surface area contributed by atoms with Crippen molar-refractivity contribution >= 4 is 0 Å². The minimum absolute atomic E-state index is 0.336. The Bertz CT molecular complexity index is 221. The maximum absolute atomic E-state index is 9.77. The highest BCUT2D eigenvalue weighted by Gasteiger charge is 2.43. The average Bonchev–Trinajstić information content (AvgIpc) is 2.32. The molecule has 0 radical (unpaired) electrons. The highest BCUT2D eigenvalue weighted by atomic mass is 16.6. The molecule has 0 saturated carbocycles. The zero-order valence-corrected chi connectivity index (χ0v) is 9.12. The number of rotatable bonds is 5. The third kappa shape index (κ3) is 3.13. The summed E-state index contributed by atoms with van der Waals surface area (Å²) >= 11 is 0. The largest absolute Gasteiger partial charge is 0.394 e. The molecular formula is C10H21NO5. The first-order valence-corrected chi connectivity index (χ1v) is 5.45. The number of unbranched alkanes of at least 4 members (excludes halogenated alkanes) is 1. The SMILES string of the molecule is [2H]CCCCN[C@H]1C(O)O[C@H](CO)[C@@H](O)[C@@H]1O. The number of ether oxygens (including phenoxy) is 1. The topological polar surface area (TPSA) is 102 Å². The van der Waals surface area contributed by atoms with Crippen molar-refractivity contribution in [2.24, 2.45) is 0 Å². The quantitative estimate of drug-likeness (QED) is 0.360. The molecule has 1 unspecified atom stereocenters. The Labute approximate surface area is 96.3 Å². The fourth-order valence-corrected chi connectivity index (χ4v) is 1.71. The lowest BCUT2D eigenvalue weighted by molar-refractivity contribution is -0.254. The maximum atomic E-state index is 9.77. The van der Waals surface area contributed by atoms with E-state index in [4.69, 9.17) is 11.2 Å². The van der Waals surface area contributed by atoms with E-state index in [0.29, 0.717) is 13.4 Å². The molecule has 5 atom stereocenters. The smallest absolute Gasteiger partial charge is 0.173 e. The first-order valence-electron chi connectivity index (χ1n) is 6.15. The first kappa shape index (κ1) is 12.2. The molecule has 1 aliphatic rings. The minimum Gasteiger partial charge on any atom is -0.394 e. The molecule has 1 fully saturated rings. The summed E-state index contributed by atoms with van der Waals surface area (Å²) < 4.78 is 12.0. The minimum atomic E-state index is -1.26. The number of aliphatic hydroxyl groups excluding tert-OH is 4. The molecule has 96 valence electrons. The summed E-state index contributed by atoms with van der Waals surface area (Å²) in [6.07, 6.45) is -3.16. The normalized spacial score (nSPS) is 40.8. The molecule has 6 heteroatoms. The van der Waals surface area contributed by atoms with Crippen molar-refractivity contribution in [2.75, 3.05) is 13.2 Å². The number of aliphatic hydroxyl groups is 4. The Balaban J connectivity index is 2.43. The van der Waals surface area contributed by atoms with Crippen molar-refractivity contribution in [3.05, 3.63) is 0 Å². The third-order valence-electron chi connectivity index (χ3n) is 2.71. The molecule has 5 N–H and O–H groups in total. The predicted octanol–water partition coefficient (Wildman–Crippen LogP) is -1.82. The van der Waals surface area contributed by atoms with Crippen LogP contribution in [0.25, 0.3) is 0 Å². The van der Waals surface area contributed by atoms with Crippen LogP contribution in [0.5, 0.6) is 0 Å². The number of nitrogens with one attached hydrogen (secondary N) is 1. The van der Waals surface area contributed by atoms with Crippen LogP contribution in [0, 0.1) is 0 Å². The Kier molecular flexibility index (Phi) is 4.95. The van der Waals surface area contributed by atoms with E-state index in [0.717, 1.165) is 12.8 Å². The molecule has 0 aromatic rings. The predicted molar refractivity (Wildman–Crippen MR) is 56.7 cm³/mol. The monoisotopic (exact) mass is 236 g/mol. The molecule has 0 spiro atoms. The van der Waals surface area contributed by atoms with Gasteiger partial charge < -0.3 is 30.5 Å². The highest BCUT2D eigenvalue weighted by molar-refractivity contribution is 4.92. The van der Waals surface area contributed by atoms with Crippen LogP contribution in [0.15, 0.2) is 0 Å². The summed E-state index contributed by atoms with van der Waals surface area (Å²) in [6.45, 7) is 0.404. The van der Waals surface area contributed by atoms with Crippen LogP contribution in [0.4, 0.5) is 0 Å². The van der Waals surface area contributed by atoms with E-state index in [1.165, 1.54) is 0 Å². The van der Waals surface area contributed by atoms with Gasteiger partial charge in [-0.15, -0.1) is 0 Å². The van der Waals surface area contributed by atoms with Gasteiger partial charge in [0.2, 0.25) is 0 Å². The van der Waals surface area contributed by atoms with Crippen molar-refractivity contribution in [1.82, 2.24) is 5.32 Å². The van der Waals surface area contributed by atoms with Gasteiger partial charge in [0.1, 0.15) is 18.3 Å².